The van der Waals surface area contributed by atoms with Crippen molar-refractivity contribution < 1.29 is 18.7 Å². The minimum absolute atomic E-state index is 0.0164. The molecule has 0 unspecified atom stereocenters. The molecule has 0 heterocycles. The normalized spacial score (nSPS) is 16.0. The predicted molar refractivity (Wildman–Crippen MR) is 179 cm³/mol. The Morgan fingerprint density at radius 3 is 1.58 bits per heavy atom. The Morgan fingerprint density at radius 2 is 1.23 bits per heavy atom. The summed E-state index contributed by atoms with van der Waals surface area (Å²) in [5.41, 5.74) is 7.84. The van der Waals surface area contributed by atoms with E-state index in [1.807, 2.05) is 25.1 Å². The molecule has 0 fully saturated rings. The fourth-order valence-corrected chi connectivity index (χ4v) is 7.01. The average Bonchev–Trinajstić information content (AvgIpc) is 2.99. The lowest BCUT2D eigenvalue weighted by atomic mass is 9.79. The van der Waals surface area contributed by atoms with E-state index in [2.05, 4.69) is 127 Å². The molecule has 0 radical (unpaired) electrons. The first kappa shape index (κ1) is 34.3. The Morgan fingerprint density at radius 1 is 0.814 bits per heavy atom. The van der Waals surface area contributed by atoms with Gasteiger partial charge in [-0.15, -0.1) is 6.58 Å². The Kier molecular flexibility index (Phi) is 11.6. The Labute approximate surface area is 260 Å². The molecule has 0 aliphatic heterocycles. The lowest BCUT2D eigenvalue weighted by Gasteiger charge is -2.45. The monoisotopic (exact) mass is 601 g/mol. The third-order valence-electron chi connectivity index (χ3n) is 9.08. The minimum Gasteiger partial charge on any atom is -0.445 e. The minimum atomic E-state index is -2.24. The fourth-order valence-electron chi connectivity index (χ4n) is 5.53. The van der Waals surface area contributed by atoms with E-state index in [-0.39, 0.29) is 28.9 Å². The quantitative estimate of drug-likeness (QED) is 0.114. The molecule has 5 nitrogen and oxygen atoms in total. The number of nitrogens with two attached hydrogens (primary N) is 1. The predicted octanol–water partition coefficient (Wildman–Crippen LogP) is 8.94. The zero-order valence-corrected chi connectivity index (χ0v) is 28.2. The zero-order chi connectivity index (χ0) is 31.8. The molecule has 0 spiro atoms. The van der Waals surface area contributed by atoms with Crippen LogP contribution in [0.4, 0.5) is 4.79 Å². The highest BCUT2D eigenvalue weighted by atomic mass is 28.4. The molecule has 0 saturated carbocycles. The molecule has 0 saturated heterocycles. The van der Waals surface area contributed by atoms with Crippen LogP contribution in [-0.2, 0) is 19.5 Å². The highest BCUT2D eigenvalue weighted by Gasteiger charge is 2.45. The van der Waals surface area contributed by atoms with Crippen molar-refractivity contribution in [3.63, 3.8) is 0 Å². The molecular formula is C37H51NO4Si. The van der Waals surface area contributed by atoms with Crippen molar-refractivity contribution in [2.45, 2.75) is 77.5 Å². The van der Waals surface area contributed by atoms with Crippen molar-refractivity contribution in [2.75, 3.05) is 6.61 Å². The maximum Gasteiger partial charge on any atom is 0.404 e. The number of carbonyl (C=O) groups is 1. The van der Waals surface area contributed by atoms with Gasteiger partial charge >= 0.3 is 6.09 Å². The van der Waals surface area contributed by atoms with E-state index >= 15 is 0 Å². The topological polar surface area (TPSA) is 70.8 Å². The average molecular weight is 602 g/mol. The highest BCUT2D eigenvalue weighted by Crippen LogP contribution is 2.43. The first-order valence-electron chi connectivity index (χ1n) is 15.3. The zero-order valence-electron chi connectivity index (χ0n) is 27.2. The van der Waals surface area contributed by atoms with Crippen molar-refractivity contribution in [1.29, 1.82) is 0 Å². The standard InChI is InChI=1S/C37H51NO4Si/c1-10-27(2)33(41-35(38)39)29(4)34(42-43(8,9)36(5,6)7)28(3)26-40-37(30-20-14-11-15-21-30,31-22-16-12-17-23-31)32-24-18-13-19-25-32/h10-25,27-29,33-34H,1,26H2,2-9H3,(H2,38,39)/t27-,28-,29+,33-,34+/m0/s1. The van der Waals surface area contributed by atoms with Crippen LogP contribution in [0.5, 0.6) is 0 Å². The molecule has 0 aromatic heterocycles. The summed E-state index contributed by atoms with van der Waals surface area (Å²) in [4.78, 5) is 12.0. The number of hydrogen-bond donors (Lipinski definition) is 1. The van der Waals surface area contributed by atoms with Crippen LogP contribution in [0.3, 0.4) is 0 Å². The molecule has 3 aromatic rings. The number of primary amides is 1. The van der Waals surface area contributed by atoms with E-state index in [9.17, 15) is 4.79 Å². The van der Waals surface area contributed by atoms with Crippen molar-refractivity contribution in [3.8, 4) is 0 Å². The summed E-state index contributed by atoms with van der Waals surface area (Å²) < 4.78 is 20.1. The van der Waals surface area contributed by atoms with Gasteiger partial charge in [-0.2, -0.15) is 0 Å². The molecule has 1 amide bonds. The van der Waals surface area contributed by atoms with E-state index in [4.69, 9.17) is 19.6 Å². The summed E-state index contributed by atoms with van der Waals surface area (Å²) >= 11 is 0. The van der Waals surface area contributed by atoms with Crippen LogP contribution < -0.4 is 5.73 Å². The molecule has 0 aliphatic carbocycles. The molecule has 2 N–H and O–H groups in total. The smallest absolute Gasteiger partial charge is 0.404 e. The van der Waals surface area contributed by atoms with Crippen LogP contribution in [0.25, 0.3) is 0 Å². The second kappa shape index (κ2) is 14.5. The Balaban J connectivity index is 2.11. The molecule has 5 atom stereocenters. The summed E-state index contributed by atoms with van der Waals surface area (Å²) in [7, 11) is -2.24. The van der Waals surface area contributed by atoms with Gasteiger partial charge in [-0.3, -0.25) is 0 Å². The van der Waals surface area contributed by atoms with Crippen LogP contribution in [-0.4, -0.2) is 33.2 Å². The van der Waals surface area contributed by atoms with Gasteiger partial charge in [0.15, 0.2) is 8.32 Å². The first-order valence-corrected chi connectivity index (χ1v) is 18.2. The van der Waals surface area contributed by atoms with Gasteiger partial charge in [-0.05, 0) is 34.8 Å². The largest absolute Gasteiger partial charge is 0.445 e. The number of amides is 1. The van der Waals surface area contributed by atoms with Gasteiger partial charge in [0.25, 0.3) is 0 Å². The summed E-state index contributed by atoms with van der Waals surface area (Å²) in [5.74, 6) is -0.346. The van der Waals surface area contributed by atoms with Crippen LogP contribution in [0, 0.1) is 17.8 Å². The van der Waals surface area contributed by atoms with Gasteiger partial charge in [0.2, 0.25) is 0 Å². The lowest BCUT2D eigenvalue weighted by Crippen LogP contribution is -2.51. The molecule has 0 bridgehead atoms. The summed E-state index contributed by atoms with van der Waals surface area (Å²) in [6, 6.07) is 31.1. The SMILES string of the molecule is C=C[C@H](C)[C@H](OC(N)=O)[C@@H](C)[C@H](O[Si](C)(C)C(C)(C)C)[C@@H](C)COC(c1ccccc1)(c1ccccc1)c1ccccc1. The molecule has 43 heavy (non-hydrogen) atoms. The van der Waals surface area contributed by atoms with Gasteiger partial charge < -0.3 is 19.6 Å². The first-order chi connectivity index (χ1) is 20.2. The van der Waals surface area contributed by atoms with Gasteiger partial charge in [0.05, 0.1) is 12.7 Å². The van der Waals surface area contributed by atoms with Crippen LogP contribution in [0.15, 0.2) is 104 Å². The van der Waals surface area contributed by atoms with Gasteiger partial charge in [-0.1, -0.05) is 139 Å². The number of ether oxygens (including phenoxy) is 2. The van der Waals surface area contributed by atoms with Gasteiger partial charge in [0.1, 0.15) is 11.7 Å². The van der Waals surface area contributed by atoms with Gasteiger partial charge in [-0.25, -0.2) is 4.79 Å². The molecule has 6 heteroatoms. The Bertz CT molecular complexity index is 1190. The Hall–Kier alpha value is -3.19. The highest BCUT2D eigenvalue weighted by molar-refractivity contribution is 6.74. The lowest BCUT2D eigenvalue weighted by molar-refractivity contribution is -0.0638. The van der Waals surface area contributed by atoms with Crippen LogP contribution in [0.1, 0.15) is 58.2 Å². The van der Waals surface area contributed by atoms with Crippen LogP contribution in [0.2, 0.25) is 18.1 Å². The van der Waals surface area contributed by atoms with Crippen molar-refractivity contribution in [3.05, 3.63) is 120 Å². The molecular weight excluding hydrogens is 550 g/mol. The van der Waals surface area contributed by atoms with Crippen LogP contribution >= 0.6 is 0 Å². The number of carbonyl (C=O) groups excluding carboxylic acids is 1. The summed E-state index contributed by atoms with van der Waals surface area (Å²) in [6.07, 6.45) is 0.249. The fraction of sp³-hybridized carbons (Fsp3) is 0.432. The maximum absolute atomic E-state index is 12.0. The number of rotatable bonds is 14. The molecule has 232 valence electrons. The van der Waals surface area contributed by atoms with E-state index < -0.39 is 26.1 Å². The van der Waals surface area contributed by atoms with Crippen molar-refractivity contribution >= 4 is 14.4 Å². The third kappa shape index (κ3) is 8.05. The van der Waals surface area contributed by atoms with E-state index in [0.29, 0.717) is 6.61 Å². The van der Waals surface area contributed by atoms with E-state index in [1.54, 1.807) is 6.08 Å². The second-order valence-corrected chi connectivity index (χ2v) is 18.0. The summed E-state index contributed by atoms with van der Waals surface area (Å²) in [5, 5.41) is -0.0164. The van der Waals surface area contributed by atoms with Crippen molar-refractivity contribution in [1.82, 2.24) is 0 Å². The second-order valence-electron chi connectivity index (χ2n) is 13.3. The summed E-state index contributed by atoms with van der Waals surface area (Å²) in [6.45, 7) is 21.8. The molecule has 0 aliphatic rings. The molecule has 3 rings (SSSR count). The number of hydrogen-bond acceptors (Lipinski definition) is 4. The van der Waals surface area contributed by atoms with E-state index in [1.165, 1.54) is 0 Å². The van der Waals surface area contributed by atoms with Crippen molar-refractivity contribution in [2.24, 2.45) is 23.5 Å². The van der Waals surface area contributed by atoms with Gasteiger partial charge in [0, 0.05) is 17.8 Å². The third-order valence-corrected chi connectivity index (χ3v) is 13.6. The van der Waals surface area contributed by atoms with E-state index in [0.717, 1.165) is 16.7 Å². The molecule has 3 aromatic carbocycles. The number of benzene rings is 3. The maximum atomic E-state index is 12.0.